The van der Waals surface area contributed by atoms with Gasteiger partial charge in [-0.15, -0.1) is 0 Å². The van der Waals surface area contributed by atoms with E-state index in [2.05, 4.69) is 35.2 Å². The lowest BCUT2D eigenvalue weighted by atomic mass is 10.2. The van der Waals surface area contributed by atoms with Crippen molar-refractivity contribution >= 4 is 17.3 Å². The van der Waals surface area contributed by atoms with Gasteiger partial charge in [0.2, 0.25) is 0 Å². The minimum atomic E-state index is 0.700. The first kappa shape index (κ1) is 13.9. The van der Waals surface area contributed by atoms with E-state index < -0.39 is 0 Å². The van der Waals surface area contributed by atoms with Crippen molar-refractivity contribution in [3.8, 4) is 0 Å². The van der Waals surface area contributed by atoms with Crippen LogP contribution >= 0.6 is 11.6 Å². The van der Waals surface area contributed by atoms with Gasteiger partial charge < -0.3 is 10.6 Å². The van der Waals surface area contributed by atoms with Crippen molar-refractivity contribution in [2.45, 2.75) is 13.0 Å². The molecule has 2 N–H and O–H groups in total. The molecule has 0 atom stereocenters. The van der Waals surface area contributed by atoms with Crippen LogP contribution in [-0.4, -0.2) is 13.1 Å². The summed E-state index contributed by atoms with van der Waals surface area (Å²) in [5, 5.41) is 0.767. The maximum absolute atomic E-state index is 6.07. The Balaban J connectivity index is 2.16. The van der Waals surface area contributed by atoms with Gasteiger partial charge in [0.1, 0.15) is 0 Å². The minimum Gasteiger partial charge on any atom is -0.367 e. The molecule has 2 rings (SSSR count). The SMILES string of the molecule is NCCCN(Cc1ccccc1)c1cccc(Cl)c1. The largest absolute Gasteiger partial charge is 0.367 e. The number of hydrogen-bond donors (Lipinski definition) is 1. The Labute approximate surface area is 119 Å². The fraction of sp³-hybridized carbons (Fsp3) is 0.250. The third-order valence-electron chi connectivity index (χ3n) is 3.02. The van der Waals surface area contributed by atoms with Gasteiger partial charge in [-0.2, -0.15) is 0 Å². The Bertz CT molecular complexity index is 499. The van der Waals surface area contributed by atoms with E-state index in [9.17, 15) is 0 Å². The van der Waals surface area contributed by atoms with Gasteiger partial charge in [-0.1, -0.05) is 48.0 Å². The quantitative estimate of drug-likeness (QED) is 0.870. The number of anilines is 1. The van der Waals surface area contributed by atoms with E-state index in [1.807, 2.05) is 24.3 Å². The molecule has 0 radical (unpaired) electrons. The lowest BCUT2D eigenvalue weighted by Gasteiger charge is -2.25. The first-order chi connectivity index (χ1) is 9.29. The Hall–Kier alpha value is -1.51. The van der Waals surface area contributed by atoms with Gasteiger partial charge >= 0.3 is 0 Å². The number of nitrogens with zero attached hydrogens (tertiary/aromatic N) is 1. The molecule has 2 aromatic rings. The molecular formula is C16H19ClN2. The van der Waals surface area contributed by atoms with Gasteiger partial charge in [-0.05, 0) is 36.7 Å². The van der Waals surface area contributed by atoms with Crippen LogP contribution in [-0.2, 0) is 6.54 Å². The van der Waals surface area contributed by atoms with Crippen LogP contribution in [0.2, 0.25) is 5.02 Å². The zero-order chi connectivity index (χ0) is 13.5. The molecular weight excluding hydrogens is 256 g/mol. The molecule has 0 spiro atoms. The summed E-state index contributed by atoms with van der Waals surface area (Å²) in [5.74, 6) is 0. The highest BCUT2D eigenvalue weighted by Crippen LogP contribution is 2.21. The third-order valence-corrected chi connectivity index (χ3v) is 3.26. The molecule has 0 saturated heterocycles. The normalized spacial score (nSPS) is 10.4. The van der Waals surface area contributed by atoms with E-state index in [1.165, 1.54) is 5.56 Å². The second-order valence-corrected chi connectivity index (χ2v) is 4.97. The highest BCUT2D eigenvalue weighted by Gasteiger charge is 2.07. The molecule has 0 heterocycles. The van der Waals surface area contributed by atoms with E-state index in [4.69, 9.17) is 17.3 Å². The fourth-order valence-corrected chi connectivity index (χ4v) is 2.24. The Morgan fingerprint density at radius 2 is 1.79 bits per heavy atom. The van der Waals surface area contributed by atoms with Crippen LogP contribution in [0.1, 0.15) is 12.0 Å². The molecule has 0 fully saturated rings. The van der Waals surface area contributed by atoms with Crippen molar-refractivity contribution in [2.75, 3.05) is 18.0 Å². The van der Waals surface area contributed by atoms with Gasteiger partial charge in [0.05, 0.1) is 0 Å². The molecule has 0 amide bonds. The van der Waals surface area contributed by atoms with E-state index in [0.29, 0.717) is 6.54 Å². The summed E-state index contributed by atoms with van der Waals surface area (Å²) in [7, 11) is 0. The molecule has 0 aliphatic rings. The molecule has 0 unspecified atom stereocenters. The number of hydrogen-bond acceptors (Lipinski definition) is 2. The van der Waals surface area contributed by atoms with Crippen molar-refractivity contribution in [3.63, 3.8) is 0 Å². The van der Waals surface area contributed by atoms with Crippen LogP contribution in [0.3, 0.4) is 0 Å². The van der Waals surface area contributed by atoms with Crippen molar-refractivity contribution in [1.29, 1.82) is 0 Å². The van der Waals surface area contributed by atoms with Crippen LogP contribution in [0.5, 0.6) is 0 Å². The average Bonchev–Trinajstić information content (AvgIpc) is 2.44. The predicted octanol–water partition coefficient (Wildman–Crippen LogP) is 3.70. The van der Waals surface area contributed by atoms with Crippen LogP contribution in [0, 0.1) is 0 Å². The smallest absolute Gasteiger partial charge is 0.0429 e. The summed E-state index contributed by atoms with van der Waals surface area (Å²) >= 11 is 6.07. The molecule has 0 aromatic heterocycles. The van der Waals surface area contributed by atoms with Gasteiger partial charge in [0.15, 0.2) is 0 Å². The predicted molar refractivity (Wildman–Crippen MR) is 82.6 cm³/mol. The summed E-state index contributed by atoms with van der Waals surface area (Å²) in [5.41, 5.74) is 8.06. The Morgan fingerprint density at radius 3 is 2.47 bits per heavy atom. The zero-order valence-corrected chi connectivity index (χ0v) is 11.7. The molecule has 0 saturated carbocycles. The Kier molecular flexibility index (Phi) is 5.25. The van der Waals surface area contributed by atoms with Crippen LogP contribution in [0.4, 0.5) is 5.69 Å². The second-order valence-electron chi connectivity index (χ2n) is 4.53. The molecule has 100 valence electrons. The average molecular weight is 275 g/mol. The highest BCUT2D eigenvalue weighted by molar-refractivity contribution is 6.30. The molecule has 0 aliphatic carbocycles. The van der Waals surface area contributed by atoms with E-state index in [1.54, 1.807) is 0 Å². The summed E-state index contributed by atoms with van der Waals surface area (Å²) in [6.45, 7) is 2.51. The van der Waals surface area contributed by atoms with Gasteiger partial charge in [0.25, 0.3) is 0 Å². The molecule has 19 heavy (non-hydrogen) atoms. The van der Waals surface area contributed by atoms with E-state index in [0.717, 1.165) is 30.2 Å². The highest BCUT2D eigenvalue weighted by atomic mass is 35.5. The van der Waals surface area contributed by atoms with Crippen LogP contribution in [0.15, 0.2) is 54.6 Å². The van der Waals surface area contributed by atoms with Crippen molar-refractivity contribution in [2.24, 2.45) is 5.73 Å². The molecule has 0 aliphatic heterocycles. The lowest BCUT2D eigenvalue weighted by Crippen LogP contribution is -2.25. The fourth-order valence-electron chi connectivity index (χ4n) is 2.06. The topological polar surface area (TPSA) is 29.3 Å². The maximum Gasteiger partial charge on any atom is 0.0429 e. The minimum absolute atomic E-state index is 0.700. The van der Waals surface area contributed by atoms with Crippen molar-refractivity contribution in [1.82, 2.24) is 0 Å². The number of benzene rings is 2. The standard InChI is InChI=1S/C16H19ClN2/c17-15-8-4-9-16(12-15)19(11-5-10-18)13-14-6-2-1-3-7-14/h1-4,6-9,12H,5,10-11,13,18H2. The first-order valence-corrected chi connectivity index (χ1v) is 6.92. The van der Waals surface area contributed by atoms with Crippen LogP contribution < -0.4 is 10.6 Å². The molecule has 2 nitrogen and oxygen atoms in total. The molecule has 2 aromatic carbocycles. The summed E-state index contributed by atoms with van der Waals surface area (Å²) in [4.78, 5) is 2.31. The van der Waals surface area contributed by atoms with Gasteiger partial charge in [0, 0.05) is 23.8 Å². The lowest BCUT2D eigenvalue weighted by molar-refractivity contribution is 0.736. The second kappa shape index (κ2) is 7.17. The van der Waals surface area contributed by atoms with Gasteiger partial charge in [-0.3, -0.25) is 0 Å². The van der Waals surface area contributed by atoms with Crippen LogP contribution in [0.25, 0.3) is 0 Å². The Morgan fingerprint density at radius 1 is 1.00 bits per heavy atom. The first-order valence-electron chi connectivity index (χ1n) is 6.54. The monoisotopic (exact) mass is 274 g/mol. The maximum atomic E-state index is 6.07. The summed E-state index contributed by atoms with van der Waals surface area (Å²) in [6.07, 6.45) is 0.972. The number of halogens is 1. The summed E-state index contributed by atoms with van der Waals surface area (Å²) < 4.78 is 0. The van der Waals surface area contributed by atoms with Gasteiger partial charge in [-0.25, -0.2) is 0 Å². The van der Waals surface area contributed by atoms with Crippen molar-refractivity contribution in [3.05, 3.63) is 65.2 Å². The summed E-state index contributed by atoms with van der Waals surface area (Å²) in [6, 6.07) is 18.4. The van der Waals surface area contributed by atoms with E-state index >= 15 is 0 Å². The van der Waals surface area contributed by atoms with Crippen molar-refractivity contribution < 1.29 is 0 Å². The van der Waals surface area contributed by atoms with E-state index in [-0.39, 0.29) is 0 Å². The molecule has 3 heteroatoms. The third kappa shape index (κ3) is 4.27. The number of nitrogens with two attached hydrogens (primary N) is 1. The zero-order valence-electron chi connectivity index (χ0n) is 10.9. The molecule has 0 bridgehead atoms. The number of rotatable bonds is 6.